The van der Waals surface area contributed by atoms with E-state index in [1.54, 1.807) is 6.92 Å². The van der Waals surface area contributed by atoms with Crippen LogP contribution in [-0.4, -0.2) is 17.7 Å². The maximum Gasteiger partial charge on any atom is 0.416 e. The van der Waals surface area contributed by atoms with Gasteiger partial charge in [0.05, 0.1) is 18.6 Å². The molecule has 0 fully saturated rings. The third-order valence-electron chi connectivity index (χ3n) is 3.15. The second kappa shape index (κ2) is 7.33. The molecule has 1 atom stereocenters. The average molecular weight is 304 g/mol. The molecule has 0 amide bonds. The average Bonchev–Trinajstić information content (AvgIpc) is 2.41. The SMILES string of the molecule is CCCOc1ccc(C(F)(F)F)cc1C(CC)CC(=O)O. The van der Waals surface area contributed by atoms with Crippen LogP contribution in [0, 0.1) is 0 Å². The van der Waals surface area contributed by atoms with Gasteiger partial charge >= 0.3 is 12.1 Å². The highest BCUT2D eigenvalue weighted by atomic mass is 19.4. The molecule has 0 aliphatic heterocycles. The molecule has 0 aromatic heterocycles. The lowest BCUT2D eigenvalue weighted by atomic mass is 9.91. The molecule has 0 radical (unpaired) electrons. The van der Waals surface area contributed by atoms with Crippen molar-refractivity contribution in [2.75, 3.05) is 6.61 Å². The highest BCUT2D eigenvalue weighted by Gasteiger charge is 2.32. The van der Waals surface area contributed by atoms with E-state index in [1.165, 1.54) is 6.07 Å². The summed E-state index contributed by atoms with van der Waals surface area (Å²) in [7, 11) is 0. The predicted molar refractivity (Wildman–Crippen MR) is 72.5 cm³/mol. The Bertz CT molecular complexity index is 484. The molecule has 1 N–H and O–H groups in total. The van der Waals surface area contributed by atoms with E-state index in [9.17, 15) is 18.0 Å². The first-order valence-corrected chi connectivity index (χ1v) is 6.85. The second-order valence-corrected chi connectivity index (χ2v) is 4.80. The number of benzene rings is 1. The molecular formula is C15H19F3O3. The Kier molecular flexibility index (Phi) is 6.05. The predicted octanol–water partition coefficient (Wildman–Crippen LogP) is 4.46. The van der Waals surface area contributed by atoms with Gasteiger partial charge in [-0.2, -0.15) is 13.2 Å². The molecule has 3 nitrogen and oxygen atoms in total. The Morgan fingerprint density at radius 2 is 2.00 bits per heavy atom. The van der Waals surface area contributed by atoms with Gasteiger partial charge in [0.1, 0.15) is 5.75 Å². The van der Waals surface area contributed by atoms with Gasteiger partial charge in [-0.25, -0.2) is 0 Å². The van der Waals surface area contributed by atoms with Crippen molar-refractivity contribution in [1.82, 2.24) is 0 Å². The molecule has 0 aliphatic carbocycles. The van der Waals surface area contributed by atoms with Crippen molar-refractivity contribution in [2.24, 2.45) is 0 Å². The Hall–Kier alpha value is -1.72. The summed E-state index contributed by atoms with van der Waals surface area (Å²) in [5.74, 6) is -1.21. The fourth-order valence-corrected chi connectivity index (χ4v) is 2.07. The quantitative estimate of drug-likeness (QED) is 0.809. The molecule has 0 spiro atoms. The highest BCUT2D eigenvalue weighted by molar-refractivity contribution is 5.68. The van der Waals surface area contributed by atoms with Crippen molar-refractivity contribution in [1.29, 1.82) is 0 Å². The number of carboxylic acid groups (broad SMARTS) is 1. The third kappa shape index (κ3) is 4.95. The number of ether oxygens (including phenoxy) is 1. The number of alkyl halides is 3. The molecule has 21 heavy (non-hydrogen) atoms. The molecule has 1 aromatic carbocycles. The van der Waals surface area contributed by atoms with Crippen LogP contribution in [-0.2, 0) is 11.0 Å². The first-order valence-electron chi connectivity index (χ1n) is 6.85. The third-order valence-corrected chi connectivity index (χ3v) is 3.15. The van der Waals surface area contributed by atoms with E-state index < -0.39 is 23.6 Å². The Balaban J connectivity index is 3.22. The normalized spacial score (nSPS) is 13.0. The van der Waals surface area contributed by atoms with Crippen molar-refractivity contribution in [3.63, 3.8) is 0 Å². The fraction of sp³-hybridized carbons (Fsp3) is 0.533. The van der Waals surface area contributed by atoms with E-state index in [0.717, 1.165) is 18.6 Å². The van der Waals surface area contributed by atoms with Crippen LogP contribution >= 0.6 is 0 Å². The number of rotatable bonds is 7. The smallest absolute Gasteiger partial charge is 0.416 e. The van der Waals surface area contributed by atoms with Crippen LogP contribution in [0.5, 0.6) is 5.75 Å². The summed E-state index contributed by atoms with van der Waals surface area (Å²) >= 11 is 0. The van der Waals surface area contributed by atoms with Gasteiger partial charge < -0.3 is 9.84 Å². The number of hydrogen-bond acceptors (Lipinski definition) is 2. The summed E-state index contributed by atoms with van der Waals surface area (Å²) in [5.41, 5.74) is -0.478. The van der Waals surface area contributed by atoms with Crippen molar-refractivity contribution >= 4 is 5.97 Å². The van der Waals surface area contributed by atoms with Gasteiger partial charge in [-0.05, 0) is 42.5 Å². The van der Waals surface area contributed by atoms with E-state index in [2.05, 4.69) is 0 Å². The number of halogens is 3. The van der Waals surface area contributed by atoms with Crippen LogP contribution in [0.25, 0.3) is 0 Å². The molecule has 0 heterocycles. The van der Waals surface area contributed by atoms with E-state index in [0.29, 0.717) is 24.3 Å². The molecule has 6 heteroatoms. The minimum atomic E-state index is -4.46. The Labute approximate surface area is 121 Å². The summed E-state index contributed by atoms with van der Waals surface area (Å²) < 4.78 is 43.9. The summed E-state index contributed by atoms with van der Waals surface area (Å²) in [6.45, 7) is 4.01. The van der Waals surface area contributed by atoms with Gasteiger partial charge in [0.2, 0.25) is 0 Å². The standard InChI is InChI=1S/C15H19F3O3/c1-3-7-21-13-6-5-11(15(16,17)18)9-12(13)10(4-2)8-14(19)20/h5-6,9-10H,3-4,7-8H2,1-2H3,(H,19,20). The Morgan fingerprint density at radius 1 is 1.33 bits per heavy atom. The minimum absolute atomic E-state index is 0.222. The van der Waals surface area contributed by atoms with E-state index in [4.69, 9.17) is 9.84 Å². The van der Waals surface area contributed by atoms with E-state index in [-0.39, 0.29) is 6.42 Å². The molecule has 1 rings (SSSR count). The molecule has 1 aromatic rings. The lowest BCUT2D eigenvalue weighted by molar-refractivity contribution is -0.138. The summed E-state index contributed by atoms with van der Waals surface area (Å²) in [6.07, 6.45) is -3.54. The van der Waals surface area contributed by atoms with Crippen LogP contribution in [0.15, 0.2) is 18.2 Å². The minimum Gasteiger partial charge on any atom is -0.493 e. The monoisotopic (exact) mass is 304 g/mol. The molecule has 0 saturated carbocycles. The van der Waals surface area contributed by atoms with E-state index >= 15 is 0 Å². The van der Waals surface area contributed by atoms with Crippen LogP contribution in [0.4, 0.5) is 13.2 Å². The van der Waals surface area contributed by atoms with Gasteiger partial charge in [0.25, 0.3) is 0 Å². The zero-order valence-electron chi connectivity index (χ0n) is 12.0. The van der Waals surface area contributed by atoms with E-state index in [1.807, 2.05) is 6.92 Å². The van der Waals surface area contributed by atoms with Crippen molar-refractivity contribution in [3.05, 3.63) is 29.3 Å². The fourth-order valence-electron chi connectivity index (χ4n) is 2.07. The second-order valence-electron chi connectivity index (χ2n) is 4.80. The first-order chi connectivity index (χ1) is 9.79. The van der Waals surface area contributed by atoms with Gasteiger partial charge in [-0.15, -0.1) is 0 Å². The first kappa shape index (κ1) is 17.3. The topological polar surface area (TPSA) is 46.5 Å². The molecule has 0 bridgehead atoms. The Morgan fingerprint density at radius 3 is 2.48 bits per heavy atom. The lowest BCUT2D eigenvalue weighted by Gasteiger charge is -2.20. The number of carbonyl (C=O) groups is 1. The van der Waals surface area contributed by atoms with Crippen molar-refractivity contribution in [2.45, 2.75) is 45.2 Å². The summed E-state index contributed by atoms with van der Waals surface area (Å²) in [6, 6.07) is 3.24. The van der Waals surface area contributed by atoms with Crippen LogP contribution in [0.1, 0.15) is 50.2 Å². The van der Waals surface area contributed by atoms with Gasteiger partial charge in [0, 0.05) is 0 Å². The molecule has 1 unspecified atom stereocenters. The molecule has 0 aliphatic rings. The van der Waals surface area contributed by atoms with Crippen LogP contribution < -0.4 is 4.74 Å². The number of aliphatic carboxylic acids is 1. The van der Waals surface area contributed by atoms with Gasteiger partial charge in [-0.1, -0.05) is 13.8 Å². The van der Waals surface area contributed by atoms with Crippen molar-refractivity contribution < 1.29 is 27.8 Å². The largest absolute Gasteiger partial charge is 0.493 e. The molecule has 118 valence electrons. The maximum atomic E-state index is 12.8. The maximum absolute atomic E-state index is 12.8. The van der Waals surface area contributed by atoms with Crippen LogP contribution in [0.3, 0.4) is 0 Å². The highest BCUT2D eigenvalue weighted by Crippen LogP contribution is 2.37. The molecular weight excluding hydrogens is 285 g/mol. The van der Waals surface area contributed by atoms with Gasteiger partial charge in [-0.3, -0.25) is 4.79 Å². The number of hydrogen-bond donors (Lipinski definition) is 1. The molecule has 0 saturated heterocycles. The zero-order valence-corrected chi connectivity index (χ0v) is 12.0. The van der Waals surface area contributed by atoms with Crippen molar-refractivity contribution in [3.8, 4) is 5.75 Å². The van der Waals surface area contributed by atoms with Gasteiger partial charge in [0.15, 0.2) is 0 Å². The zero-order chi connectivity index (χ0) is 16.0. The summed E-state index contributed by atoms with van der Waals surface area (Å²) in [5, 5.41) is 8.91. The van der Waals surface area contributed by atoms with Crippen LogP contribution in [0.2, 0.25) is 0 Å². The lowest BCUT2D eigenvalue weighted by Crippen LogP contribution is -2.11. The summed E-state index contributed by atoms with van der Waals surface area (Å²) in [4.78, 5) is 10.9. The number of carboxylic acids is 1.